The largest absolute Gasteiger partial charge is 0.472 e. The average Bonchev–Trinajstić information content (AvgIpc) is 3.25. The van der Waals surface area contributed by atoms with Crippen molar-refractivity contribution in [3.63, 3.8) is 0 Å². The molecule has 0 aromatic carbocycles. The molecule has 8 heteroatoms. The van der Waals surface area contributed by atoms with E-state index < -0.39 is 5.54 Å². The van der Waals surface area contributed by atoms with Gasteiger partial charge in [0.1, 0.15) is 17.0 Å². The summed E-state index contributed by atoms with van der Waals surface area (Å²) in [7, 11) is 0. The quantitative estimate of drug-likeness (QED) is 0.784. The predicted molar refractivity (Wildman–Crippen MR) is 84.7 cm³/mol. The lowest BCUT2D eigenvalue weighted by atomic mass is 9.99. The Morgan fingerprint density at radius 1 is 1.23 bits per heavy atom. The lowest BCUT2D eigenvalue weighted by Gasteiger charge is -2.17. The maximum absolute atomic E-state index is 6.34. The molecule has 0 bridgehead atoms. The molecule has 0 aliphatic heterocycles. The van der Waals surface area contributed by atoms with Gasteiger partial charge >= 0.3 is 0 Å². The summed E-state index contributed by atoms with van der Waals surface area (Å²) in [6.07, 6.45) is 7.32. The minimum Gasteiger partial charge on any atom is -0.472 e. The maximum atomic E-state index is 6.34. The van der Waals surface area contributed by atoms with Crippen molar-refractivity contribution in [3.05, 3.63) is 29.8 Å². The number of halogens is 1. The first-order chi connectivity index (χ1) is 10.2. The fourth-order valence-electron chi connectivity index (χ4n) is 2.65. The van der Waals surface area contributed by atoms with E-state index in [2.05, 4.69) is 15.1 Å². The molecule has 2 N–H and O–H groups in total. The van der Waals surface area contributed by atoms with Gasteiger partial charge in [0.15, 0.2) is 5.82 Å². The summed E-state index contributed by atoms with van der Waals surface area (Å²) in [4.78, 5) is 8.95. The number of hydrogen-bond acceptors (Lipinski definition) is 7. The lowest BCUT2D eigenvalue weighted by molar-refractivity contribution is 0.372. The topological polar surface area (TPSA) is 91.0 Å². The molecule has 3 aromatic rings. The minimum atomic E-state index is -0.439. The molecular weight excluding hydrogens is 324 g/mol. The molecule has 0 radical (unpaired) electrons. The molecular formula is C14H15ClN4O2S. The molecule has 0 saturated heterocycles. The molecule has 0 spiro atoms. The molecule has 1 saturated carbocycles. The van der Waals surface area contributed by atoms with Gasteiger partial charge in [-0.25, -0.2) is 4.98 Å². The summed E-state index contributed by atoms with van der Waals surface area (Å²) in [6.45, 7) is 0. The monoisotopic (exact) mass is 338 g/mol. The molecule has 4 rings (SSSR count). The standard InChI is InChI=1S/C14H14N4O2S.ClH/c15-14(4-1-2-5-14)13-17-11(20-18-13)10-8-21-12(16-10)9-3-6-19-7-9;/h3,6-8H,1-2,4-5,15H2;1H. The van der Waals surface area contributed by atoms with Crippen LogP contribution in [-0.4, -0.2) is 15.1 Å². The molecule has 1 aliphatic carbocycles. The van der Waals surface area contributed by atoms with Crippen LogP contribution < -0.4 is 5.73 Å². The molecule has 1 aliphatic rings. The molecule has 0 atom stereocenters. The van der Waals surface area contributed by atoms with Gasteiger partial charge in [0, 0.05) is 10.9 Å². The summed E-state index contributed by atoms with van der Waals surface area (Å²) in [6, 6.07) is 1.87. The molecule has 116 valence electrons. The second kappa shape index (κ2) is 5.83. The molecule has 22 heavy (non-hydrogen) atoms. The zero-order valence-electron chi connectivity index (χ0n) is 11.7. The van der Waals surface area contributed by atoms with E-state index in [0.717, 1.165) is 36.3 Å². The van der Waals surface area contributed by atoms with E-state index in [1.807, 2.05) is 11.4 Å². The maximum Gasteiger partial charge on any atom is 0.277 e. The Hall–Kier alpha value is -1.70. The Balaban J connectivity index is 0.00000144. The summed E-state index contributed by atoms with van der Waals surface area (Å²) >= 11 is 1.51. The molecule has 0 amide bonds. The van der Waals surface area contributed by atoms with Crippen LogP contribution >= 0.6 is 23.7 Å². The highest BCUT2D eigenvalue weighted by atomic mass is 35.5. The van der Waals surface area contributed by atoms with E-state index in [4.69, 9.17) is 14.7 Å². The normalized spacial score (nSPS) is 16.6. The van der Waals surface area contributed by atoms with Gasteiger partial charge < -0.3 is 14.7 Å². The van der Waals surface area contributed by atoms with Crippen molar-refractivity contribution in [2.45, 2.75) is 31.2 Å². The number of rotatable bonds is 3. The van der Waals surface area contributed by atoms with Crippen LogP contribution in [0.1, 0.15) is 31.5 Å². The van der Waals surface area contributed by atoms with Crippen molar-refractivity contribution in [2.75, 3.05) is 0 Å². The van der Waals surface area contributed by atoms with Gasteiger partial charge in [-0.1, -0.05) is 18.0 Å². The van der Waals surface area contributed by atoms with E-state index in [9.17, 15) is 0 Å². The van der Waals surface area contributed by atoms with Gasteiger partial charge in [0.05, 0.1) is 11.8 Å². The highest BCUT2D eigenvalue weighted by Gasteiger charge is 2.36. The molecule has 6 nitrogen and oxygen atoms in total. The van der Waals surface area contributed by atoms with Gasteiger partial charge in [-0.15, -0.1) is 23.7 Å². The Morgan fingerprint density at radius 3 is 2.77 bits per heavy atom. The van der Waals surface area contributed by atoms with Crippen molar-refractivity contribution in [1.82, 2.24) is 15.1 Å². The Bertz CT molecular complexity index is 747. The highest BCUT2D eigenvalue weighted by molar-refractivity contribution is 7.13. The zero-order chi connectivity index (χ0) is 14.3. The summed E-state index contributed by atoms with van der Waals surface area (Å²) in [5, 5.41) is 6.82. The first-order valence-corrected chi connectivity index (χ1v) is 7.74. The van der Waals surface area contributed by atoms with Crippen LogP contribution in [0.4, 0.5) is 0 Å². The van der Waals surface area contributed by atoms with Crippen LogP contribution in [0.15, 0.2) is 32.9 Å². The van der Waals surface area contributed by atoms with Gasteiger partial charge in [-0.3, -0.25) is 0 Å². The van der Waals surface area contributed by atoms with Crippen molar-refractivity contribution in [2.24, 2.45) is 5.73 Å². The number of nitrogens with two attached hydrogens (primary N) is 1. The van der Waals surface area contributed by atoms with Gasteiger partial charge in [-0.2, -0.15) is 4.98 Å². The van der Waals surface area contributed by atoms with Crippen molar-refractivity contribution >= 4 is 23.7 Å². The van der Waals surface area contributed by atoms with E-state index >= 15 is 0 Å². The van der Waals surface area contributed by atoms with Crippen molar-refractivity contribution in [1.29, 1.82) is 0 Å². The number of nitrogens with zero attached hydrogens (tertiary/aromatic N) is 3. The van der Waals surface area contributed by atoms with Crippen LogP contribution in [0.2, 0.25) is 0 Å². The first kappa shape index (κ1) is 15.2. The third-order valence-corrected chi connectivity index (χ3v) is 4.75. The zero-order valence-corrected chi connectivity index (χ0v) is 13.3. The Labute approximate surface area is 137 Å². The van der Waals surface area contributed by atoms with Crippen LogP contribution in [0, 0.1) is 0 Å². The predicted octanol–water partition coefficient (Wildman–Crippen LogP) is 3.60. The second-order valence-electron chi connectivity index (χ2n) is 5.34. The van der Waals surface area contributed by atoms with E-state index in [0.29, 0.717) is 17.4 Å². The SMILES string of the molecule is Cl.NC1(c2noc(-c3csc(-c4ccoc4)n3)n2)CCCC1. The summed E-state index contributed by atoms with van der Waals surface area (Å²) < 4.78 is 10.4. The smallest absolute Gasteiger partial charge is 0.277 e. The van der Waals surface area contributed by atoms with Crippen LogP contribution in [0.3, 0.4) is 0 Å². The Kier molecular flexibility index (Phi) is 4.03. The lowest BCUT2D eigenvalue weighted by Crippen LogP contribution is -2.34. The number of furan rings is 1. The van der Waals surface area contributed by atoms with E-state index in [1.54, 1.807) is 12.5 Å². The van der Waals surface area contributed by atoms with Crippen molar-refractivity contribution in [3.8, 4) is 22.2 Å². The Morgan fingerprint density at radius 2 is 2.05 bits per heavy atom. The van der Waals surface area contributed by atoms with Crippen LogP contribution in [0.5, 0.6) is 0 Å². The average molecular weight is 339 g/mol. The first-order valence-electron chi connectivity index (χ1n) is 6.86. The number of aromatic nitrogens is 3. The van der Waals surface area contributed by atoms with Crippen molar-refractivity contribution < 1.29 is 8.94 Å². The van der Waals surface area contributed by atoms with Gasteiger partial charge in [0.25, 0.3) is 5.89 Å². The highest BCUT2D eigenvalue weighted by Crippen LogP contribution is 2.36. The second-order valence-corrected chi connectivity index (χ2v) is 6.19. The number of hydrogen-bond donors (Lipinski definition) is 1. The van der Waals surface area contributed by atoms with E-state index in [-0.39, 0.29) is 12.4 Å². The van der Waals surface area contributed by atoms with Gasteiger partial charge in [0.2, 0.25) is 0 Å². The third kappa shape index (κ3) is 2.55. The summed E-state index contributed by atoms with van der Waals surface area (Å²) in [5.74, 6) is 1.01. The molecule has 0 unspecified atom stereocenters. The van der Waals surface area contributed by atoms with Crippen LogP contribution in [0.25, 0.3) is 22.2 Å². The van der Waals surface area contributed by atoms with E-state index in [1.165, 1.54) is 11.3 Å². The molecule has 3 aromatic heterocycles. The minimum absolute atomic E-state index is 0. The number of thiazole rings is 1. The molecule has 3 heterocycles. The summed E-state index contributed by atoms with van der Waals surface area (Å²) in [5.41, 5.74) is 7.52. The third-order valence-electron chi connectivity index (χ3n) is 3.86. The van der Waals surface area contributed by atoms with Crippen LogP contribution in [-0.2, 0) is 5.54 Å². The molecule has 1 fully saturated rings. The fourth-order valence-corrected chi connectivity index (χ4v) is 3.43. The van der Waals surface area contributed by atoms with Gasteiger partial charge in [-0.05, 0) is 18.9 Å². The fraction of sp³-hybridized carbons (Fsp3) is 0.357.